The fourth-order valence-corrected chi connectivity index (χ4v) is 4.40. The first-order chi connectivity index (χ1) is 11.6. The van der Waals surface area contributed by atoms with Crippen LogP contribution in [0.25, 0.3) is 10.2 Å². The molecular formula is C17H17N3O3S. The quantitative estimate of drug-likeness (QED) is 0.789. The Bertz CT molecular complexity index is 956. The van der Waals surface area contributed by atoms with Gasteiger partial charge in [0, 0.05) is 4.88 Å². The first-order valence-electron chi connectivity index (χ1n) is 7.96. The van der Waals surface area contributed by atoms with Crippen LogP contribution >= 0.6 is 11.3 Å². The molecular weight excluding hydrogens is 326 g/mol. The van der Waals surface area contributed by atoms with Gasteiger partial charge in [0.15, 0.2) is 0 Å². The summed E-state index contributed by atoms with van der Waals surface area (Å²) in [6, 6.07) is 3.34. The van der Waals surface area contributed by atoms with Crippen LogP contribution < -0.4 is 10.9 Å². The highest BCUT2D eigenvalue weighted by molar-refractivity contribution is 7.18. The second-order valence-corrected chi connectivity index (χ2v) is 7.10. The first-order valence-corrected chi connectivity index (χ1v) is 8.77. The summed E-state index contributed by atoms with van der Waals surface area (Å²) in [7, 11) is 0. The van der Waals surface area contributed by atoms with Gasteiger partial charge in [0.1, 0.15) is 17.1 Å². The minimum Gasteiger partial charge on any atom is -0.467 e. The third-order valence-corrected chi connectivity index (χ3v) is 5.55. The predicted molar refractivity (Wildman–Crippen MR) is 91.2 cm³/mol. The lowest BCUT2D eigenvalue weighted by molar-refractivity contribution is -0.122. The molecule has 1 aliphatic rings. The lowest BCUT2D eigenvalue weighted by Gasteiger charge is -2.12. The van der Waals surface area contributed by atoms with Crippen LogP contribution in [0.5, 0.6) is 0 Å². The van der Waals surface area contributed by atoms with Crippen molar-refractivity contribution in [2.75, 3.05) is 0 Å². The van der Waals surface area contributed by atoms with E-state index in [1.165, 1.54) is 15.8 Å². The largest absolute Gasteiger partial charge is 0.467 e. The Kier molecular flexibility index (Phi) is 3.72. The average molecular weight is 343 g/mol. The van der Waals surface area contributed by atoms with E-state index in [1.807, 2.05) is 6.92 Å². The highest BCUT2D eigenvalue weighted by atomic mass is 32.1. The number of nitrogens with one attached hydrogen (secondary N) is 1. The molecule has 0 aliphatic heterocycles. The van der Waals surface area contributed by atoms with E-state index in [0.29, 0.717) is 11.1 Å². The molecule has 1 N–H and O–H groups in total. The fourth-order valence-electron chi connectivity index (χ4n) is 3.18. The van der Waals surface area contributed by atoms with E-state index in [2.05, 4.69) is 10.3 Å². The van der Waals surface area contributed by atoms with Gasteiger partial charge >= 0.3 is 0 Å². The minimum absolute atomic E-state index is 0.0442. The molecule has 7 heteroatoms. The van der Waals surface area contributed by atoms with Gasteiger partial charge in [-0.1, -0.05) is 0 Å². The second-order valence-electron chi connectivity index (χ2n) is 6.02. The number of thiophene rings is 1. The molecule has 0 radical (unpaired) electrons. The number of hydrogen-bond donors (Lipinski definition) is 1. The summed E-state index contributed by atoms with van der Waals surface area (Å²) >= 11 is 1.60. The second kappa shape index (κ2) is 5.90. The van der Waals surface area contributed by atoms with Crippen molar-refractivity contribution in [1.82, 2.24) is 14.9 Å². The van der Waals surface area contributed by atoms with Crippen molar-refractivity contribution in [1.29, 1.82) is 0 Å². The van der Waals surface area contributed by atoms with Gasteiger partial charge in [0.05, 0.1) is 24.0 Å². The van der Waals surface area contributed by atoms with E-state index in [0.717, 1.165) is 29.7 Å². The summed E-state index contributed by atoms with van der Waals surface area (Å²) < 4.78 is 6.66. The van der Waals surface area contributed by atoms with Crippen molar-refractivity contribution in [3.63, 3.8) is 0 Å². The number of hydrogen-bond acceptors (Lipinski definition) is 5. The lowest BCUT2D eigenvalue weighted by atomic mass is 10.2. The highest BCUT2D eigenvalue weighted by Gasteiger charge is 2.22. The Morgan fingerprint density at radius 3 is 3.17 bits per heavy atom. The van der Waals surface area contributed by atoms with Gasteiger partial charge in [-0.3, -0.25) is 14.2 Å². The number of amides is 1. The Morgan fingerprint density at radius 1 is 1.50 bits per heavy atom. The van der Waals surface area contributed by atoms with Crippen molar-refractivity contribution in [3.8, 4) is 0 Å². The van der Waals surface area contributed by atoms with E-state index in [4.69, 9.17) is 4.42 Å². The predicted octanol–water partition coefficient (Wildman–Crippen LogP) is 2.42. The molecule has 1 aliphatic carbocycles. The molecule has 1 atom stereocenters. The lowest BCUT2D eigenvalue weighted by Crippen LogP contribution is -2.33. The molecule has 1 unspecified atom stereocenters. The monoisotopic (exact) mass is 343 g/mol. The van der Waals surface area contributed by atoms with Crippen LogP contribution in [-0.2, 0) is 24.2 Å². The summed E-state index contributed by atoms with van der Waals surface area (Å²) in [5.41, 5.74) is 1.01. The van der Waals surface area contributed by atoms with Gasteiger partial charge in [-0.2, -0.15) is 0 Å². The van der Waals surface area contributed by atoms with Gasteiger partial charge in [-0.05, 0) is 43.9 Å². The molecule has 0 saturated carbocycles. The van der Waals surface area contributed by atoms with Crippen LogP contribution in [0.1, 0.15) is 35.6 Å². The number of carbonyl (C=O) groups excluding carboxylic acids is 1. The summed E-state index contributed by atoms with van der Waals surface area (Å²) in [4.78, 5) is 31.4. The maximum Gasteiger partial charge on any atom is 0.262 e. The zero-order valence-electron chi connectivity index (χ0n) is 13.2. The zero-order valence-corrected chi connectivity index (χ0v) is 14.1. The average Bonchev–Trinajstić information content (AvgIpc) is 3.25. The normalized spacial score (nSPS) is 14.7. The van der Waals surface area contributed by atoms with Crippen LogP contribution in [0.15, 0.2) is 33.9 Å². The van der Waals surface area contributed by atoms with Gasteiger partial charge in [-0.15, -0.1) is 11.3 Å². The van der Waals surface area contributed by atoms with E-state index < -0.39 is 0 Å². The molecule has 3 heterocycles. The van der Waals surface area contributed by atoms with Crippen molar-refractivity contribution >= 4 is 27.5 Å². The Morgan fingerprint density at radius 2 is 2.38 bits per heavy atom. The first kappa shape index (κ1) is 15.1. The molecule has 0 saturated heterocycles. The van der Waals surface area contributed by atoms with Crippen molar-refractivity contribution < 1.29 is 9.21 Å². The number of nitrogens with zero attached hydrogens (tertiary/aromatic N) is 2. The molecule has 0 fully saturated rings. The highest BCUT2D eigenvalue weighted by Crippen LogP contribution is 2.34. The molecule has 124 valence electrons. The molecule has 24 heavy (non-hydrogen) atoms. The molecule has 1 amide bonds. The third kappa shape index (κ3) is 2.54. The molecule has 3 aromatic heterocycles. The van der Waals surface area contributed by atoms with Crippen LogP contribution in [0.2, 0.25) is 0 Å². The van der Waals surface area contributed by atoms with Crippen LogP contribution in [0, 0.1) is 0 Å². The smallest absolute Gasteiger partial charge is 0.262 e. The number of fused-ring (bicyclic) bond motifs is 3. The molecule has 0 aromatic carbocycles. The van der Waals surface area contributed by atoms with Crippen molar-refractivity contribution in [3.05, 3.63) is 51.3 Å². The molecule has 0 spiro atoms. The maximum atomic E-state index is 12.7. The summed E-state index contributed by atoms with van der Waals surface area (Å²) in [5.74, 6) is 0.439. The number of carbonyl (C=O) groups is 1. The summed E-state index contributed by atoms with van der Waals surface area (Å²) in [6.07, 6.45) is 6.08. The number of rotatable bonds is 4. The molecule has 4 rings (SSSR count). The number of aryl methyl sites for hydroxylation is 2. The molecule has 6 nitrogen and oxygen atoms in total. The number of aromatic nitrogens is 2. The maximum absolute atomic E-state index is 12.7. The zero-order chi connectivity index (χ0) is 16.7. The molecule has 3 aromatic rings. The SMILES string of the molecule is CC(NC(=O)Cn1cnc2sc3c(c2c1=O)CCC3)c1ccco1. The van der Waals surface area contributed by atoms with Crippen molar-refractivity contribution in [2.45, 2.75) is 38.8 Å². The van der Waals surface area contributed by atoms with Gasteiger partial charge < -0.3 is 9.73 Å². The van der Waals surface area contributed by atoms with Gasteiger partial charge in [0.25, 0.3) is 5.56 Å². The van der Waals surface area contributed by atoms with E-state index in [-0.39, 0.29) is 24.1 Å². The fraction of sp³-hybridized carbons (Fsp3) is 0.353. The Labute approximate surface area is 142 Å². The number of furan rings is 1. The standard InChI is InChI=1S/C17H17N3O3S/c1-10(12-5-3-7-23-12)19-14(21)8-20-9-18-16-15(17(20)22)11-4-2-6-13(11)24-16/h3,5,7,9-10H,2,4,6,8H2,1H3,(H,19,21). The molecule has 0 bridgehead atoms. The van der Waals surface area contributed by atoms with E-state index >= 15 is 0 Å². The van der Waals surface area contributed by atoms with Crippen LogP contribution in [-0.4, -0.2) is 15.5 Å². The van der Waals surface area contributed by atoms with Crippen LogP contribution in [0.4, 0.5) is 0 Å². The topological polar surface area (TPSA) is 77.1 Å². The van der Waals surface area contributed by atoms with Crippen molar-refractivity contribution in [2.24, 2.45) is 0 Å². The summed E-state index contributed by atoms with van der Waals surface area (Å²) in [5, 5.41) is 3.53. The third-order valence-electron chi connectivity index (χ3n) is 4.35. The summed E-state index contributed by atoms with van der Waals surface area (Å²) in [6.45, 7) is 1.80. The van der Waals surface area contributed by atoms with Gasteiger partial charge in [0.2, 0.25) is 5.91 Å². The van der Waals surface area contributed by atoms with E-state index in [9.17, 15) is 9.59 Å². The van der Waals surface area contributed by atoms with Gasteiger partial charge in [-0.25, -0.2) is 4.98 Å². The Hall–Kier alpha value is -2.41. The van der Waals surface area contributed by atoms with E-state index in [1.54, 1.807) is 29.7 Å². The minimum atomic E-state index is -0.245. The van der Waals surface area contributed by atoms with Crippen LogP contribution in [0.3, 0.4) is 0 Å². The Balaban J connectivity index is 1.57.